The van der Waals surface area contributed by atoms with Crippen LogP contribution < -0.4 is 16.0 Å². The molecule has 0 aliphatic rings. The van der Waals surface area contributed by atoms with Gasteiger partial charge in [0.1, 0.15) is 4.88 Å². The Morgan fingerprint density at radius 3 is 2.39 bits per heavy atom. The number of carbonyl (C=O) groups excluding carboxylic acids is 2. The second-order valence-electron chi connectivity index (χ2n) is 6.37. The Balaban J connectivity index is 1.67. The Labute approximate surface area is 177 Å². The number of nitrogens with one attached hydrogen (secondary N) is 3. The predicted molar refractivity (Wildman–Crippen MR) is 120 cm³/mol. The van der Waals surface area contributed by atoms with E-state index in [2.05, 4.69) is 16.0 Å². The Kier molecular flexibility index (Phi) is 6.28. The zero-order valence-corrected chi connectivity index (χ0v) is 17.6. The SMILES string of the molecule is CC(C)C(=O)Nc1cccc(NC(=S)NC(=O)c2sc3ccccc3c2Cl)c1. The van der Waals surface area contributed by atoms with Gasteiger partial charge < -0.3 is 10.6 Å². The van der Waals surface area contributed by atoms with E-state index in [0.717, 1.165) is 10.1 Å². The molecule has 144 valence electrons. The number of hydrogen-bond acceptors (Lipinski definition) is 4. The summed E-state index contributed by atoms with van der Waals surface area (Å²) in [6.45, 7) is 3.64. The molecule has 1 aromatic heterocycles. The van der Waals surface area contributed by atoms with Crippen LogP contribution in [0.25, 0.3) is 10.1 Å². The minimum absolute atomic E-state index is 0.0765. The van der Waals surface area contributed by atoms with Crippen molar-refractivity contribution in [3.8, 4) is 0 Å². The summed E-state index contributed by atoms with van der Waals surface area (Å²) in [5.41, 5.74) is 1.29. The number of thiophene rings is 1. The topological polar surface area (TPSA) is 70.2 Å². The number of rotatable bonds is 4. The molecule has 3 rings (SSSR count). The van der Waals surface area contributed by atoms with Gasteiger partial charge >= 0.3 is 0 Å². The molecule has 3 N–H and O–H groups in total. The number of thiocarbonyl (C=S) groups is 1. The van der Waals surface area contributed by atoms with Crippen molar-refractivity contribution in [2.75, 3.05) is 10.6 Å². The van der Waals surface area contributed by atoms with Gasteiger partial charge in [-0.2, -0.15) is 0 Å². The lowest BCUT2D eigenvalue weighted by Gasteiger charge is -2.12. The first kappa shape index (κ1) is 20.3. The highest BCUT2D eigenvalue weighted by Crippen LogP contribution is 2.35. The van der Waals surface area contributed by atoms with Crippen LogP contribution in [-0.4, -0.2) is 16.9 Å². The number of carbonyl (C=O) groups is 2. The van der Waals surface area contributed by atoms with E-state index < -0.39 is 0 Å². The van der Waals surface area contributed by atoms with E-state index >= 15 is 0 Å². The molecule has 2 aromatic carbocycles. The monoisotopic (exact) mass is 431 g/mol. The lowest BCUT2D eigenvalue weighted by molar-refractivity contribution is -0.118. The van der Waals surface area contributed by atoms with Gasteiger partial charge in [0.25, 0.3) is 5.91 Å². The molecule has 8 heteroatoms. The van der Waals surface area contributed by atoms with Gasteiger partial charge in [0.15, 0.2) is 5.11 Å². The van der Waals surface area contributed by atoms with Gasteiger partial charge in [0, 0.05) is 27.4 Å². The third kappa shape index (κ3) is 4.67. The van der Waals surface area contributed by atoms with E-state index in [4.69, 9.17) is 23.8 Å². The van der Waals surface area contributed by atoms with E-state index in [-0.39, 0.29) is 22.8 Å². The van der Waals surface area contributed by atoms with E-state index in [9.17, 15) is 9.59 Å². The van der Waals surface area contributed by atoms with Crippen molar-refractivity contribution in [3.05, 3.63) is 58.4 Å². The molecular weight excluding hydrogens is 414 g/mol. The van der Waals surface area contributed by atoms with Crippen LogP contribution in [-0.2, 0) is 4.79 Å². The zero-order chi connectivity index (χ0) is 20.3. The van der Waals surface area contributed by atoms with E-state index in [1.54, 1.807) is 24.3 Å². The van der Waals surface area contributed by atoms with Crippen molar-refractivity contribution >= 4 is 73.5 Å². The van der Waals surface area contributed by atoms with Gasteiger partial charge in [-0.05, 0) is 36.5 Å². The average molecular weight is 432 g/mol. The summed E-state index contributed by atoms with van der Waals surface area (Å²) in [5, 5.41) is 9.81. The second-order valence-corrected chi connectivity index (χ2v) is 8.21. The first-order valence-electron chi connectivity index (χ1n) is 8.55. The molecular formula is C20H18ClN3O2S2. The molecule has 0 aliphatic carbocycles. The number of halogens is 1. The quantitative estimate of drug-likeness (QED) is 0.492. The predicted octanol–water partition coefficient (Wildman–Crippen LogP) is 5.28. The zero-order valence-electron chi connectivity index (χ0n) is 15.2. The fourth-order valence-corrected chi connectivity index (χ4v) is 4.07. The molecule has 0 saturated heterocycles. The number of amides is 2. The molecule has 0 aliphatic heterocycles. The molecule has 0 radical (unpaired) electrons. The summed E-state index contributed by atoms with van der Waals surface area (Å²) >= 11 is 12.9. The average Bonchev–Trinajstić information content (AvgIpc) is 2.99. The van der Waals surface area contributed by atoms with Crippen LogP contribution in [0.15, 0.2) is 48.5 Å². The summed E-state index contributed by atoms with van der Waals surface area (Å²) in [7, 11) is 0. The molecule has 28 heavy (non-hydrogen) atoms. The molecule has 2 amide bonds. The Bertz CT molecular complexity index is 1060. The van der Waals surface area contributed by atoms with Crippen molar-refractivity contribution in [2.45, 2.75) is 13.8 Å². The molecule has 0 spiro atoms. The van der Waals surface area contributed by atoms with Crippen LogP contribution in [0.1, 0.15) is 23.5 Å². The smallest absolute Gasteiger partial charge is 0.269 e. The van der Waals surface area contributed by atoms with Crippen LogP contribution in [0.2, 0.25) is 5.02 Å². The highest BCUT2D eigenvalue weighted by atomic mass is 35.5. The van der Waals surface area contributed by atoms with Gasteiger partial charge in [0.05, 0.1) is 5.02 Å². The molecule has 5 nitrogen and oxygen atoms in total. The summed E-state index contributed by atoms with van der Waals surface area (Å²) < 4.78 is 0.935. The van der Waals surface area contributed by atoms with Gasteiger partial charge in [-0.15, -0.1) is 11.3 Å². The van der Waals surface area contributed by atoms with E-state index in [0.29, 0.717) is 21.3 Å². The second kappa shape index (κ2) is 8.68. The summed E-state index contributed by atoms with van der Waals surface area (Å²) in [5.74, 6) is -0.566. The Morgan fingerprint density at radius 2 is 1.71 bits per heavy atom. The third-order valence-electron chi connectivity index (χ3n) is 3.88. The Morgan fingerprint density at radius 1 is 1.04 bits per heavy atom. The highest BCUT2D eigenvalue weighted by Gasteiger charge is 2.18. The van der Waals surface area contributed by atoms with Gasteiger partial charge in [-0.3, -0.25) is 14.9 Å². The molecule has 0 bridgehead atoms. The maximum atomic E-state index is 12.6. The van der Waals surface area contributed by atoms with Gasteiger partial charge in [0.2, 0.25) is 5.91 Å². The van der Waals surface area contributed by atoms with Crippen LogP contribution in [0.3, 0.4) is 0 Å². The van der Waals surface area contributed by atoms with Crippen LogP contribution in [0.4, 0.5) is 11.4 Å². The standard InChI is InChI=1S/C20H18ClN3O2S2/c1-11(2)18(25)22-12-6-5-7-13(10-12)23-20(27)24-19(26)17-16(21)14-8-3-4-9-15(14)28-17/h3-11H,1-2H3,(H,22,25)(H2,23,24,26,27). The minimum Gasteiger partial charge on any atom is -0.332 e. The van der Waals surface area contributed by atoms with Crippen LogP contribution >= 0.6 is 35.2 Å². The van der Waals surface area contributed by atoms with Gasteiger partial charge in [-0.25, -0.2) is 0 Å². The lowest BCUT2D eigenvalue weighted by Crippen LogP contribution is -2.33. The number of benzene rings is 2. The largest absolute Gasteiger partial charge is 0.332 e. The number of anilines is 2. The van der Waals surface area contributed by atoms with Crippen molar-refractivity contribution in [3.63, 3.8) is 0 Å². The fraction of sp³-hybridized carbons (Fsp3) is 0.150. The molecule has 0 unspecified atom stereocenters. The van der Waals surface area contributed by atoms with Crippen LogP contribution in [0, 0.1) is 5.92 Å². The van der Waals surface area contributed by atoms with Crippen molar-refractivity contribution < 1.29 is 9.59 Å². The normalized spacial score (nSPS) is 10.7. The maximum Gasteiger partial charge on any atom is 0.269 e. The first-order chi connectivity index (χ1) is 13.3. The number of hydrogen-bond donors (Lipinski definition) is 3. The molecule has 0 fully saturated rings. The van der Waals surface area contributed by atoms with Crippen molar-refractivity contribution in [1.29, 1.82) is 0 Å². The van der Waals surface area contributed by atoms with Crippen LogP contribution in [0.5, 0.6) is 0 Å². The third-order valence-corrected chi connectivity index (χ3v) is 5.76. The molecule has 1 heterocycles. The lowest BCUT2D eigenvalue weighted by atomic mass is 10.2. The fourth-order valence-electron chi connectivity index (χ4n) is 2.44. The molecule has 0 saturated carbocycles. The first-order valence-corrected chi connectivity index (χ1v) is 10.2. The highest BCUT2D eigenvalue weighted by molar-refractivity contribution is 7.80. The number of fused-ring (bicyclic) bond motifs is 1. The summed E-state index contributed by atoms with van der Waals surface area (Å²) in [6, 6.07) is 14.7. The van der Waals surface area contributed by atoms with E-state index in [1.165, 1.54) is 11.3 Å². The summed E-state index contributed by atoms with van der Waals surface area (Å²) in [6.07, 6.45) is 0. The van der Waals surface area contributed by atoms with Crippen molar-refractivity contribution in [1.82, 2.24) is 5.32 Å². The Hall–Kier alpha value is -2.48. The van der Waals surface area contributed by atoms with Crippen molar-refractivity contribution in [2.24, 2.45) is 5.92 Å². The van der Waals surface area contributed by atoms with E-state index in [1.807, 2.05) is 38.1 Å². The van der Waals surface area contributed by atoms with Gasteiger partial charge in [-0.1, -0.05) is 49.7 Å². The minimum atomic E-state index is -0.368. The molecule has 0 atom stereocenters. The molecule has 3 aromatic rings. The summed E-state index contributed by atoms with van der Waals surface area (Å²) in [4.78, 5) is 24.8. The maximum absolute atomic E-state index is 12.6.